The molecule has 2 aromatic heterocycles. The highest BCUT2D eigenvalue weighted by atomic mass is 16.8. The van der Waals surface area contributed by atoms with Gasteiger partial charge in [-0.05, 0) is 0 Å². The zero-order valence-electron chi connectivity index (χ0n) is 5.66. The van der Waals surface area contributed by atoms with Crippen molar-refractivity contribution in [2.24, 2.45) is 0 Å². The average molecular weight is 150 g/mol. The third kappa shape index (κ3) is 1.21. The van der Waals surface area contributed by atoms with Crippen molar-refractivity contribution in [3.8, 4) is 0 Å². The molecule has 2 heterocycles. The van der Waals surface area contributed by atoms with Crippen molar-refractivity contribution < 1.29 is 4.94 Å². The number of aromatic nitrogens is 4. The van der Waals surface area contributed by atoms with Gasteiger partial charge in [0.2, 0.25) is 0 Å². The summed E-state index contributed by atoms with van der Waals surface area (Å²) in [5, 5.41) is 0. The lowest BCUT2D eigenvalue weighted by Gasteiger charge is -2.01. The minimum atomic E-state index is 1.47. The van der Waals surface area contributed by atoms with Crippen LogP contribution in [0.2, 0.25) is 0 Å². The summed E-state index contributed by atoms with van der Waals surface area (Å²) >= 11 is 0. The van der Waals surface area contributed by atoms with Gasteiger partial charge in [-0.3, -0.25) is 4.94 Å². The van der Waals surface area contributed by atoms with Crippen molar-refractivity contribution in [2.75, 3.05) is 0 Å². The van der Waals surface area contributed by atoms with E-state index in [9.17, 15) is 0 Å². The van der Waals surface area contributed by atoms with Crippen LogP contribution in [0.3, 0.4) is 0 Å². The molecule has 0 saturated heterocycles. The Kier molecular flexibility index (Phi) is 1.33. The molecule has 0 amide bonds. The van der Waals surface area contributed by atoms with Gasteiger partial charge in [-0.15, -0.1) is 9.46 Å². The van der Waals surface area contributed by atoms with Crippen LogP contribution in [0.1, 0.15) is 0 Å². The number of nitrogens with zero attached hydrogens (tertiary/aromatic N) is 4. The van der Waals surface area contributed by atoms with Gasteiger partial charge in [0.05, 0.1) is 12.4 Å². The molecule has 0 fully saturated rings. The van der Waals surface area contributed by atoms with Gasteiger partial charge in [-0.1, -0.05) is 0 Å². The van der Waals surface area contributed by atoms with E-state index in [1.165, 1.54) is 9.46 Å². The molecule has 0 saturated carbocycles. The Morgan fingerprint density at radius 2 is 1.45 bits per heavy atom. The summed E-state index contributed by atoms with van der Waals surface area (Å²) < 4.78 is 2.95. The molecule has 0 atom stereocenters. The molecule has 0 unspecified atom stereocenters. The second-order valence-corrected chi connectivity index (χ2v) is 1.93. The molecule has 56 valence electrons. The van der Waals surface area contributed by atoms with E-state index in [1.807, 2.05) is 0 Å². The fraction of sp³-hybridized carbons (Fsp3) is 0. The first-order chi connectivity index (χ1) is 5.45. The smallest absolute Gasteiger partial charge is 0.134 e. The summed E-state index contributed by atoms with van der Waals surface area (Å²) in [6.07, 6.45) is 9.77. The van der Waals surface area contributed by atoms with Crippen LogP contribution in [-0.2, 0) is 0 Å². The first-order valence-corrected chi connectivity index (χ1v) is 3.10. The summed E-state index contributed by atoms with van der Waals surface area (Å²) in [4.78, 5) is 12.8. The lowest BCUT2D eigenvalue weighted by Crippen LogP contribution is -2.14. The highest BCUT2D eigenvalue weighted by Gasteiger charge is 1.89. The molecule has 0 bridgehead atoms. The van der Waals surface area contributed by atoms with Crippen LogP contribution in [-0.4, -0.2) is 19.4 Å². The summed E-state index contributed by atoms with van der Waals surface area (Å²) in [5.41, 5.74) is 0. The molecule has 0 N–H and O–H groups in total. The van der Waals surface area contributed by atoms with E-state index < -0.39 is 0 Å². The van der Waals surface area contributed by atoms with E-state index in [-0.39, 0.29) is 0 Å². The molecule has 0 aliphatic rings. The second kappa shape index (κ2) is 2.45. The Labute approximate surface area is 62.8 Å². The fourth-order valence-electron chi connectivity index (χ4n) is 0.699. The summed E-state index contributed by atoms with van der Waals surface area (Å²) in [7, 11) is 0. The molecule has 0 aliphatic carbocycles. The van der Waals surface area contributed by atoms with Crippen molar-refractivity contribution in [1.82, 2.24) is 19.4 Å². The van der Waals surface area contributed by atoms with Gasteiger partial charge in [-0.2, -0.15) is 0 Å². The minimum Gasteiger partial charge on any atom is -0.280 e. The lowest BCUT2D eigenvalue weighted by molar-refractivity contribution is 0.0341. The number of imidazole rings is 2. The Bertz CT molecular complexity index is 267. The van der Waals surface area contributed by atoms with Crippen LogP contribution in [0.4, 0.5) is 0 Å². The van der Waals surface area contributed by atoms with Gasteiger partial charge in [-0.25, -0.2) is 9.97 Å². The van der Waals surface area contributed by atoms with Gasteiger partial charge >= 0.3 is 0 Å². The van der Waals surface area contributed by atoms with Crippen molar-refractivity contribution in [1.29, 1.82) is 0 Å². The van der Waals surface area contributed by atoms with Crippen molar-refractivity contribution in [2.45, 2.75) is 0 Å². The van der Waals surface area contributed by atoms with E-state index in [1.54, 1.807) is 37.4 Å². The number of rotatable bonds is 2. The summed E-state index contributed by atoms with van der Waals surface area (Å²) in [6, 6.07) is 0. The first-order valence-electron chi connectivity index (χ1n) is 3.10. The van der Waals surface area contributed by atoms with E-state index in [2.05, 4.69) is 9.97 Å². The topological polar surface area (TPSA) is 44.9 Å². The SMILES string of the molecule is c1cn(On2ccnc2)cn1. The molecule has 2 aromatic rings. The molecule has 0 radical (unpaired) electrons. The molecule has 0 aliphatic heterocycles. The van der Waals surface area contributed by atoms with Crippen molar-refractivity contribution >= 4 is 0 Å². The highest BCUT2D eigenvalue weighted by molar-refractivity contribution is 4.72. The quantitative estimate of drug-likeness (QED) is 0.604. The monoisotopic (exact) mass is 150 g/mol. The van der Waals surface area contributed by atoms with E-state index >= 15 is 0 Å². The van der Waals surface area contributed by atoms with E-state index in [4.69, 9.17) is 4.94 Å². The maximum absolute atomic E-state index is 5.17. The minimum absolute atomic E-state index is 1.47. The third-order valence-corrected chi connectivity index (χ3v) is 1.15. The van der Waals surface area contributed by atoms with Crippen molar-refractivity contribution in [3.63, 3.8) is 0 Å². The zero-order chi connectivity index (χ0) is 7.52. The molecular formula is C6H6N4O. The van der Waals surface area contributed by atoms with Gasteiger partial charge in [0, 0.05) is 12.4 Å². The summed E-state index contributed by atoms with van der Waals surface area (Å²) in [5.74, 6) is 0. The van der Waals surface area contributed by atoms with E-state index in [0.29, 0.717) is 0 Å². The predicted molar refractivity (Wildman–Crippen MR) is 36.4 cm³/mol. The Hall–Kier alpha value is -1.78. The van der Waals surface area contributed by atoms with Gasteiger partial charge < -0.3 is 0 Å². The van der Waals surface area contributed by atoms with Crippen LogP contribution in [0.25, 0.3) is 0 Å². The standard InChI is InChI=1S/C6H6N4O/c1-3-9(5-7-1)11-10-4-2-8-6-10/h1-6H. The van der Waals surface area contributed by atoms with Gasteiger partial charge in [0.1, 0.15) is 12.7 Å². The molecule has 0 aromatic carbocycles. The number of hydrogen-bond donors (Lipinski definition) is 0. The molecule has 5 nitrogen and oxygen atoms in total. The largest absolute Gasteiger partial charge is 0.280 e. The predicted octanol–water partition coefficient (Wildman–Crippen LogP) is -0.0285. The fourth-order valence-corrected chi connectivity index (χ4v) is 0.699. The third-order valence-electron chi connectivity index (χ3n) is 1.15. The van der Waals surface area contributed by atoms with Crippen LogP contribution in [0.15, 0.2) is 37.4 Å². The van der Waals surface area contributed by atoms with E-state index in [0.717, 1.165) is 0 Å². The van der Waals surface area contributed by atoms with Crippen LogP contribution in [0.5, 0.6) is 0 Å². The molecular weight excluding hydrogens is 144 g/mol. The normalized spacial score (nSPS) is 9.82. The second-order valence-electron chi connectivity index (χ2n) is 1.93. The maximum Gasteiger partial charge on any atom is 0.134 e. The van der Waals surface area contributed by atoms with Crippen molar-refractivity contribution in [3.05, 3.63) is 37.4 Å². The first kappa shape index (κ1) is 5.96. The van der Waals surface area contributed by atoms with Crippen LogP contribution in [0, 0.1) is 0 Å². The Morgan fingerprint density at radius 1 is 0.909 bits per heavy atom. The highest BCUT2D eigenvalue weighted by Crippen LogP contribution is 1.84. The molecule has 2 rings (SSSR count). The Morgan fingerprint density at radius 3 is 1.82 bits per heavy atom. The molecule has 5 heteroatoms. The Balaban J connectivity index is 2.14. The molecule has 0 spiro atoms. The molecule has 11 heavy (non-hydrogen) atoms. The van der Waals surface area contributed by atoms with Gasteiger partial charge in [0.25, 0.3) is 0 Å². The number of hydrogen-bond acceptors (Lipinski definition) is 3. The summed E-state index contributed by atoms with van der Waals surface area (Å²) in [6.45, 7) is 0. The zero-order valence-corrected chi connectivity index (χ0v) is 5.66. The maximum atomic E-state index is 5.17. The average Bonchev–Trinajstić information content (AvgIpc) is 2.60. The van der Waals surface area contributed by atoms with Crippen LogP contribution >= 0.6 is 0 Å². The van der Waals surface area contributed by atoms with Gasteiger partial charge in [0.15, 0.2) is 0 Å². The lowest BCUT2D eigenvalue weighted by atomic mass is 11.0. The van der Waals surface area contributed by atoms with Crippen LogP contribution < -0.4 is 4.94 Å².